The van der Waals surface area contributed by atoms with E-state index in [9.17, 15) is 8.42 Å². The van der Waals surface area contributed by atoms with Crippen LogP contribution in [0.25, 0.3) is 10.9 Å². The maximum Gasteiger partial charge on any atom is 0.243 e. The fraction of sp³-hybridized carbons (Fsp3) is 0.357. The molecule has 3 rings (SSSR count). The van der Waals surface area contributed by atoms with Crippen molar-refractivity contribution in [1.82, 2.24) is 9.29 Å². The number of hydrogen-bond donors (Lipinski definition) is 1. The number of sulfonamides is 1. The third-order valence-electron chi connectivity index (χ3n) is 3.74. The summed E-state index contributed by atoms with van der Waals surface area (Å²) in [6.07, 6.45) is 2.39. The quantitative estimate of drug-likeness (QED) is 0.910. The normalized spacial score (nSPS) is 19.6. The molecule has 0 bridgehead atoms. The first-order valence-electron chi connectivity index (χ1n) is 6.60. The zero-order valence-electron chi connectivity index (χ0n) is 11.7. The van der Waals surface area contributed by atoms with Crippen molar-refractivity contribution in [3.8, 4) is 0 Å². The van der Waals surface area contributed by atoms with Crippen LogP contribution in [0.3, 0.4) is 0 Å². The number of nitrogens with two attached hydrogens (primary N) is 1. The molecule has 0 amide bonds. The van der Waals surface area contributed by atoms with Crippen molar-refractivity contribution < 1.29 is 8.42 Å². The van der Waals surface area contributed by atoms with Crippen molar-refractivity contribution in [2.45, 2.75) is 24.3 Å². The maximum absolute atomic E-state index is 12.7. The Morgan fingerprint density at radius 3 is 2.76 bits per heavy atom. The molecule has 1 aliphatic heterocycles. The molecule has 1 atom stereocenters. The van der Waals surface area contributed by atoms with Gasteiger partial charge in [0.2, 0.25) is 10.0 Å². The predicted molar refractivity (Wildman–Crippen MR) is 85.1 cm³/mol. The Kier molecular flexibility index (Phi) is 4.53. The first kappa shape index (κ1) is 16.2. The molecule has 7 heteroatoms. The molecule has 0 saturated carbocycles. The van der Waals surface area contributed by atoms with Gasteiger partial charge in [0.25, 0.3) is 0 Å². The Bertz CT molecular complexity index is 764. The van der Waals surface area contributed by atoms with Gasteiger partial charge in [-0.25, -0.2) is 8.42 Å². The number of aromatic nitrogens is 1. The van der Waals surface area contributed by atoms with Crippen LogP contribution >= 0.6 is 12.4 Å². The summed E-state index contributed by atoms with van der Waals surface area (Å²) in [4.78, 5) is 4.61. The van der Waals surface area contributed by atoms with E-state index < -0.39 is 10.0 Å². The molecule has 1 aliphatic rings. The van der Waals surface area contributed by atoms with E-state index >= 15 is 0 Å². The molecule has 1 aromatic heterocycles. The minimum atomic E-state index is -3.50. The lowest BCUT2D eigenvalue weighted by atomic mass is 10.1. The van der Waals surface area contributed by atoms with Crippen LogP contribution in [0.15, 0.2) is 35.4 Å². The van der Waals surface area contributed by atoms with Crippen LogP contribution in [-0.4, -0.2) is 36.8 Å². The largest absolute Gasteiger partial charge is 0.326 e. The maximum atomic E-state index is 12.7. The number of rotatable bonds is 2. The van der Waals surface area contributed by atoms with Crippen molar-refractivity contribution >= 4 is 33.3 Å². The van der Waals surface area contributed by atoms with Crippen molar-refractivity contribution in [3.05, 3.63) is 36.0 Å². The summed E-state index contributed by atoms with van der Waals surface area (Å²) in [7, 11) is -3.50. The number of fused-ring (bicyclic) bond motifs is 1. The third kappa shape index (κ3) is 2.76. The monoisotopic (exact) mass is 327 g/mol. The molecule has 0 radical (unpaired) electrons. The summed E-state index contributed by atoms with van der Waals surface area (Å²) >= 11 is 0. The van der Waals surface area contributed by atoms with Crippen molar-refractivity contribution in [1.29, 1.82) is 0 Å². The molecule has 21 heavy (non-hydrogen) atoms. The number of nitrogens with zero attached hydrogens (tertiary/aromatic N) is 2. The average molecular weight is 328 g/mol. The van der Waals surface area contributed by atoms with E-state index in [2.05, 4.69) is 4.98 Å². The Balaban J connectivity index is 0.00000161. The standard InChI is InChI=1S/C14H17N3O2S.ClH/c1-10-4-5-13(12-3-2-7-16-14(10)12)20(18,19)17-8-6-11(15)9-17;/h2-5,7,11H,6,8-9,15H2,1H3;1H/t11-;/m1./s1. The summed E-state index contributed by atoms with van der Waals surface area (Å²) in [6.45, 7) is 2.80. The van der Waals surface area contributed by atoms with Gasteiger partial charge in [0.15, 0.2) is 0 Å². The number of benzene rings is 1. The first-order chi connectivity index (χ1) is 9.50. The molecule has 0 unspecified atom stereocenters. The lowest BCUT2D eigenvalue weighted by molar-refractivity contribution is 0.473. The van der Waals surface area contributed by atoms with Crippen molar-refractivity contribution in [3.63, 3.8) is 0 Å². The van der Waals surface area contributed by atoms with Gasteiger partial charge in [-0.15, -0.1) is 12.4 Å². The third-order valence-corrected chi connectivity index (χ3v) is 5.66. The number of aryl methyl sites for hydroxylation is 1. The van der Waals surface area contributed by atoms with Gasteiger partial charge in [-0.3, -0.25) is 4.98 Å². The molecule has 1 saturated heterocycles. The molecule has 1 fully saturated rings. The second-order valence-corrected chi connectivity index (χ2v) is 7.10. The van der Waals surface area contributed by atoms with E-state index in [1.165, 1.54) is 4.31 Å². The second-order valence-electron chi connectivity index (χ2n) is 5.19. The van der Waals surface area contributed by atoms with Crippen molar-refractivity contribution in [2.75, 3.05) is 13.1 Å². The summed E-state index contributed by atoms with van der Waals surface area (Å²) in [5.74, 6) is 0. The highest BCUT2D eigenvalue weighted by Crippen LogP contribution is 2.28. The van der Waals surface area contributed by atoms with E-state index in [0.717, 1.165) is 11.1 Å². The van der Waals surface area contributed by atoms with Gasteiger partial charge in [-0.05, 0) is 37.1 Å². The van der Waals surface area contributed by atoms with Crippen LogP contribution in [0, 0.1) is 6.92 Å². The van der Waals surface area contributed by atoms with Gasteiger partial charge in [0, 0.05) is 30.7 Å². The zero-order chi connectivity index (χ0) is 14.3. The van der Waals surface area contributed by atoms with E-state index in [0.29, 0.717) is 29.8 Å². The highest BCUT2D eigenvalue weighted by Gasteiger charge is 2.32. The van der Waals surface area contributed by atoms with Gasteiger partial charge in [0.05, 0.1) is 10.4 Å². The molecule has 2 aromatic rings. The zero-order valence-corrected chi connectivity index (χ0v) is 13.3. The molecular formula is C14H18ClN3O2S. The second kappa shape index (κ2) is 5.88. The van der Waals surface area contributed by atoms with Crippen LogP contribution in [0.1, 0.15) is 12.0 Å². The fourth-order valence-corrected chi connectivity index (χ4v) is 4.32. The highest BCUT2D eigenvalue weighted by atomic mass is 35.5. The molecule has 2 heterocycles. The lowest BCUT2D eigenvalue weighted by Gasteiger charge is -2.17. The summed E-state index contributed by atoms with van der Waals surface area (Å²) in [5, 5.41) is 0.674. The SMILES string of the molecule is Cc1ccc(S(=O)(=O)N2CC[C@@H](N)C2)c2cccnc12.Cl. The van der Waals surface area contributed by atoms with Gasteiger partial charge in [-0.1, -0.05) is 6.07 Å². The number of halogens is 1. The summed E-state index contributed by atoms with van der Waals surface area (Å²) < 4.78 is 27.0. The Morgan fingerprint density at radius 2 is 2.10 bits per heavy atom. The molecular weight excluding hydrogens is 310 g/mol. The van der Waals surface area contributed by atoms with Crippen LogP contribution in [0.5, 0.6) is 0 Å². The lowest BCUT2D eigenvalue weighted by Crippen LogP contribution is -2.32. The molecule has 114 valence electrons. The molecule has 0 aliphatic carbocycles. The van der Waals surface area contributed by atoms with E-state index in [4.69, 9.17) is 5.73 Å². The molecule has 0 spiro atoms. The Labute approximate surface area is 130 Å². The van der Waals surface area contributed by atoms with Crippen LogP contribution in [-0.2, 0) is 10.0 Å². The van der Waals surface area contributed by atoms with Gasteiger partial charge in [-0.2, -0.15) is 4.31 Å². The molecule has 2 N–H and O–H groups in total. The number of hydrogen-bond acceptors (Lipinski definition) is 4. The minimum Gasteiger partial charge on any atom is -0.326 e. The Morgan fingerprint density at radius 1 is 1.33 bits per heavy atom. The highest BCUT2D eigenvalue weighted by molar-refractivity contribution is 7.89. The Hall–Kier alpha value is -1.21. The van der Waals surface area contributed by atoms with E-state index in [1.54, 1.807) is 30.5 Å². The van der Waals surface area contributed by atoms with E-state index in [1.807, 2.05) is 6.92 Å². The van der Waals surface area contributed by atoms with Crippen molar-refractivity contribution in [2.24, 2.45) is 5.73 Å². The fourth-order valence-electron chi connectivity index (χ4n) is 2.62. The van der Waals surface area contributed by atoms with Crippen LogP contribution in [0.2, 0.25) is 0 Å². The smallest absolute Gasteiger partial charge is 0.243 e. The van der Waals surface area contributed by atoms with Crippen LogP contribution < -0.4 is 5.73 Å². The van der Waals surface area contributed by atoms with Crippen LogP contribution in [0.4, 0.5) is 0 Å². The molecule has 1 aromatic carbocycles. The van der Waals surface area contributed by atoms with Gasteiger partial charge < -0.3 is 5.73 Å². The number of pyridine rings is 1. The predicted octanol–water partition coefficient (Wildman–Crippen LogP) is 1.69. The van der Waals surface area contributed by atoms with E-state index in [-0.39, 0.29) is 18.4 Å². The molecule has 5 nitrogen and oxygen atoms in total. The summed E-state index contributed by atoms with van der Waals surface area (Å²) in [5.41, 5.74) is 7.52. The summed E-state index contributed by atoms with van der Waals surface area (Å²) in [6, 6.07) is 6.96. The average Bonchev–Trinajstić information content (AvgIpc) is 2.87. The topological polar surface area (TPSA) is 76.3 Å². The minimum absolute atomic E-state index is 0. The van der Waals surface area contributed by atoms with Gasteiger partial charge >= 0.3 is 0 Å². The van der Waals surface area contributed by atoms with Gasteiger partial charge in [0.1, 0.15) is 0 Å². The first-order valence-corrected chi connectivity index (χ1v) is 8.04.